The minimum absolute atomic E-state index is 0.881. The van der Waals surface area contributed by atoms with Crippen molar-refractivity contribution in [2.24, 2.45) is 0 Å². The van der Waals surface area contributed by atoms with Gasteiger partial charge in [0.1, 0.15) is 0 Å². The summed E-state index contributed by atoms with van der Waals surface area (Å²) < 4.78 is 4.01. The zero-order valence-corrected chi connectivity index (χ0v) is 6.20. The molecule has 6 heteroatoms. The predicted octanol–water partition coefficient (Wildman–Crippen LogP) is -1.23. The molecule has 0 saturated heterocycles. The van der Waals surface area contributed by atoms with E-state index >= 15 is 0 Å². The van der Waals surface area contributed by atoms with Crippen molar-refractivity contribution < 1.29 is 29.0 Å². The second-order valence-corrected chi connectivity index (χ2v) is 1.86. The lowest BCUT2D eigenvalue weighted by molar-refractivity contribution is -0.159. The van der Waals surface area contributed by atoms with Gasteiger partial charge in [-0.1, -0.05) is 0 Å². The summed E-state index contributed by atoms with van der Waals surface area (Å²) in [5, 5.41) is 8.01. The highest BCUT2D eigenvalue weighted by Gasteiger charge is 2.16. The molecule has 0 aliphatic heterocycles. The molecular formula is C6H6O6. The largest absolute Gasteiger partial charge is 0.475 e. The number of rotatable bonds is 4. The molecule has 0 aromatic carbocycles. The van der Waals surface area contributed by atoms with E-state index in [1.54, 1.807) is 0 Å². The first-order chi connectivity index (χ1) is 5.45. The Bertz CT molecular complexity index is 214. The molecule has 0 unspecified atom stereocenters. The smallest absolute Gasteiger partial charge is 0.375 e. The van der Waals surface area contributed by atoms with E-state index in [4.69, 9.17) is 5.11 Å². The normalized spacial score (nSPS) is 8.75. The maximum Gasteiger partial charge on any atom is 0.375 e. The van der Waals surface area contributed by atoms with Gasteiger partial charge < -0.3 is 9.84 Å². The highest BCUT2D eigenvalue weighted by atomic mass is 16.5. The third kappa shape index (κ3) is 3.45. The molecular weight excluding hydrogens is 168 g/mol. The molecule has 0 aliphatic carbocycles. The fraction of sp³-hybridized carbons (Fsp3) is 0.333. The van der Waals surface area contributed by atoms with Crippen LogP contribution in [0.2, 0.25) is 0 Å². The van der Waals surface area contributed by atoms with Gasteiger partial charge in [0.25, 0.3) is 5.78 Å². The number of hydrogen-bond donors (Lipinski definition) is 1. The standard InChI is InChI=1S/C6H6O6/c1-3(7)6(11)12-2-4(8)5(9)10/h2H2,1H3,(H,9,10). The van der Waals surface area contributed by atoms with Crippen molar-refractivity contribution in [3.63, 3.8) is 0 Å². The van der Waals surface area contributed by atoms with E-state index in [1.807, 2.05) is 0 Å². The van der Waals surface area contributed by atoms with E-state index in [9.17, 15) is 19.2 Å². The Morgan fingerprint density at radius 1 is 1.25 bits per heavy atom. The monoisotopic (exact) mass is 174 g/mol. The molecule has 0 aromatic rings. The SMILES string of the molecule is CC(=O)C(=O)OCC(=O)C(=O)O. The summed E-state index contributed by atoms with van der Waals surface area (Å²) in [6, 6.07) is 0. The van der Waals surface area contributed by atoms with Crippen LogP contribution in [-0.2, 0) is 23.9 Å². The van der Waals surface area contributed by atoms with E-state index in [-0.39, 0.29) is 0 Å². The van der Waals surface area contributed by atoms with Gasteiger partial charge in [0, 0.05) is 6.92 Å². The van der Waals surface area contributed by atoms with Crippen LogP contribution in [0.25, 0.3) is 0 Å². The van der Waals surface area contributed by atoms with Crippen LogP contribution in [0.5, 0.6) is 0 Å². The molecule has 0 heterocycles. The molecule has 0 aliphatic rings. The van der Waals surface area contributed by atoms with Crippen molar-refractivity contribution in [2.75, 3.05) is 6.61 Å². The Kier molecular flexibility index (Phi) is 3.61. The van der Waals surface area contributed by atoms with Gasteiger partial charge in [-0.05, 0) is 0 Å². The Hall–Kier alpha value is -1.72. The van der Waals surface area contributed by atoms with Crippen LogP contribution in [0.15, 0.2) is 0 Å². The van der Waals surface area contributed by atoms with Crippen molar-refractivity contribution in [3.8, 4) is 0 Å². The second kappa shape index (κ2) is 4.22. The van der Waals surface area contributed by atoms with Crippen molar-refractivity contribution in [1.29, 1.82) is 0 Å². The summed E-state index contributed by atoms with van der Waals surface area (Å²) in [5.41, 5.74) is 0. The van der Waals surface area contributed by atoms with Crippen LogP contribution in [-0.4, -0.2) is 35.2 Å². The Morgan fingerprint density at radius 2 is 1.75 bits per heavy atom. The van der Waals surface area contributed by atoms with Crippen molar-refractivity contribution >= 4 is 23.5 Å². The highest BCUT2D eigenvalue weighted by molar-refractivity contribution is 6.35. The summed E-state index contributed by atoms with van der Waals surface area (Å²) >= 11 is 0. The third-order valence-corrected chi connectivity index (χ3v) is 0.860. The number of Topliss-reactive ketones (excluding diaryl/α,β-unsaturated/α-hetero) is 2. The van der Waals surface area contributed by atoms with Crippen LogP contribution in [0.1, 0.15) is 6.92 Å². The minimum atomic E-state index is -1.70. The number of aliphatic carboxylic acids is 1. The maximum atomic E-state index is 10.4. The van der Waals surface area contributed by atoms with Gasteiger partial charge in [-0.3, -0.25) is 9.59 Å². The lowest BCUT2D eigenvalue weighted by Gasteiger charge is -1.96. The number of ether oxygens (including phenoxy) is 1. The van der Waals surface area contributed by atoms with Crippen LogP contribution in [0, 0.1) is 0 Å². The average molecular weight is 174 g/mol. The number of carboxylic acids is 1. The molecule has 6 nitrogen and oxygen atoms in total. The van der Waals surface area contributed by atoms with Gasteiger partial charge in [-0.2, -0.15) is 0 Å². The zero-order valence-electron chi connectivity index (χ0n) is 6.20. The van der Waals surface area contributed by atoms with Crippen LogP contribution in [0.4, 0.5) is 0 Å². The Balaban J connectivity index is 3.85. The molecule has 0 saturated carbocycles. The quantitative estimate of drug-likeness (QED) is 0.423. The van der Waals surface area contributed by atoms with Gasteiger partial charge >= 0.3 is 11.9 Å². The van der Waals surface area contributed by atoms with E-state index in [0.29, 0.717) is 0 Å². The summed E-state index contributed by atoms with van der Waals surface area (Å²) in [6.07, 6.45) is 0. The molecule has 0 rings (SSSR count). The molecule has 1 N–H and O–H groups in total. The first-order valence-electron chi connectivity index (χ1n) is 2.89. The average Bonchev–Trinajstić information content (AvgIpc) is 1.98. The lowest BCUT2D eigenvalue weighted by atomic mass is 10.4. The Labute approximate surface area is 67.1 Å². The first-order valence-corrected chi connectivity index (χ1v) is 2.89. The molecule has 12 heavy (non-hydrogen) atoms. The van der Waals surface area contributed by atoms with E-state index < -0.39 is 30.1 Å². The second-order valence-electron chi connectivity index (χ2n) is 1.86. The number of hydrogen-bond acceptors (Lipinski definition) is 5. The molecule has 0 amide bonds. The number of carbonyl (C=O) groups excluding carboxylic acids is 3. The zero-order chi connectivity index (χ0) is 9.72. The van der Waals surface area contributed by atoms with E-state index in [0.717, 1.165) is 6.92 Å². The first kappa shape index (κ1) is 10.3. The molecule has 0 spiro atoms. The molecule has 0 atom stereocenters. The number of ketones is 2. The van der Waals surface area contributed by atoms with Crippen molar-refractivity contribution in [2.45, 2.75) is 6.92 Å². The summed E-state index contributed by atoms with van der Waals surface area (Å²) in [5.74, 6) is -5.08. The maximum absolute atomic E-state index is 10.4. The van der Waals surface area contributed by atoms with Gasteiger partial charge in [0.2, 0.25) is 5.78 Å². The van der Waals surface area contributed by atoms with Gasteiger partial charge in [-0.15, -0.1) is 0 Å². The third-order valence-electron chi connectivity index (χ3n) is 0.860. The van der Waals surface area contributed by atoms with Crippen LogP contribution in [0.3, 0.4) is 0 Å². The van der Waals surface area contributed by atoms with Crippen LogP contribution >= 0.6 is 0 Å². The summed E-state index contributed by atoms with van der Waals surface area (Å²) in [4.78, 5) is 40.7. The lowest BCUT2D eigenvalue weighted by Crippen LogP contribution is -2.23. The fourth-order valence-electron chi connectivity index (χ4n) is 0.294. The highest BCUT2D eigenvalue weighted by Crippen LogP contribution is 1.82. The van der Waals surface area contributed by atoms with E-state index in [1.165, 1.54) is 0 Å². The number of carboxylic acid groups (broad SMARTS) is 1. The summed E-state index contributed by atoms with van der Waals surface area (Å²) in [6.45, 7) is 0.0430. The van der Waals surface area contributed by atoms with E-state index in [2.05, 4.69) is 4.74 Å². The molecule has 0 bridgehead atoms. The fourth-order valence-corrected chi connectivity index (χ4v) is 0.294. The molecule has 0 aromatic heterocycles. The van der Waals surface area contributed by atoms with Crippen molar-refractivity contribution in [1.82, 2.24) is 0 Å². The topological polar surface area (TPSA) is 97.7 Å². The number of carbonyl (C=O) groups is 4. The predicted molar refractivity (Wildman–Crippen MR) is 34.3 cm³/mol. The molecule has 0 radical (unpaired) electrons. The molecule has 0 fully saturated rings. The number of esters is 1. The van der Waals surface area contributed by atoms with Crippen LogP contribution < -0.4 is 0 Å². The van der Waals surface area contributed by atoms with Gasteiger partial charge in [0.15, 0.2) is 6.61 Å². The van der Waals surface area contributed by atoms with Crippen molar-refractivity contribution in [3.05, 3.63) is 0 Å². The summed E-state index contributed by atoms with van der Waals surface area (Å²) in [7, 11) is 0. The van der Waals surface area contributed by atoms with Gasteiger partial charge in [0.05, 0.1) is 0 Å². The Morgan fingerprint density at radius 3 is 2.08 bits per heavy atom. The molecule has 66 valence electrons. The van der Waals surface area contributed by atoms with Gasteiger partial charge in [-0.25, -0.2) is 9.59 Å². The minimum Gasteiger partial charge on any atom is -0.475 e.